The number of halogens is 1. The smallest absolute Gasteiger partial charge is 0.394 e. The summed E-state index contributed by atoms with van der Waals surface area (Å²) in [5.74, 6) is -0.0555. The van der Waals surface area contributed by atoms with E-state index in [9.17, 15) is 14.8 Å². The van der Waals surface area contributed by atoms with Crippen LogP contribution in [0.15, 0.2) is 23.8 Å². The van der Waals surface area contributed by atoms with Gasteiger partial charge in [-0.25, -0.2) is 24.3 Å². The second-order valence-electron chi connectivity index (χ2n) is 10.7. The van der Waals surface area contributed by atoms with Crippen molar-refractivity contribution in [2.75, 3.05) is 31.5 Å². The van der Waals surface area contributed by atoms with Gasteiger partial charge in [0, 0.05) is 6.42 Å². The van der Waals surface area contributed by atoms with Gasteiger partial charge in [-0.1, -0.05) is 0 Å². The van der Waals surface area contributed by atoms with E-state index in [1.54, 1.807) is 11.5 Å². The molecule has 0 radical (unpaired) electrons. The maximum absolute atomic E-state index is 15.5. The summed E-state index contributed by atoms with van der Waals surface area (Å²) >= 11 is 14.3. The zero-order valence-corrected chi connectivity index (χ0v) is 28.4. The number of thiol groups is 1. The highest BCUT2D eigenvalue weighted by Gasteiger charge is 2.51. The molecule has 6 heterocycles. The molecule has 4 aromatic heterocycles. The number of aromatic amines is 1. The van der Waals surface area contributed by atoms with Crippen molar-refractivity contribution in [3.8, 4) is 0 Å². The minimum atomic E-state index is -4.25. The van der Waals surface area contributed by atoms with Crippen LogP contribution in [0, 0.1) is 0 Å². The number of imidazole rings is 2. The number of nitrogens with two attached hydrogens (primary N) is 2. The summed E-state index contributed by atoms with van der Waals surface area (Å²) in [5.41, 5.74) is 10.4. The summed E-state index contributed by atoms with van der Waals surface area (Å²) in [5, 5.41) is 9.74. The molecule has 4 aromatic rings. The SMILES string of the molecule is C[C@]1(COP(O)(=S)O[C@@H]2[C@@H](F)[C@@H](CO)O[C@H]2n2cnc3c(=O)[nH]c(N)nc32)C[C@@H](OCO[P+](=S)S)[C@H](n2cnc3c(N)ncnc32)O1. The molecule has 0 bridgehead atoms. The topological polar surface area (TPSA) is 255 Å². The van der Waals surface area contributed by atoms with E-state index in [4.69, 9.17) is 62.9 Å². The molecule has 254 valence electrons. The summed E-state index contributed by atoms with van der Waals surface area (Å²) in [7, 11) is 0. The van der Waals surface area contributed by atoms with E-state index in [0.29, 0.717) is 11.2 Å². The summed E-state index contributed by atoms with van der Waals surface area (Å²) in [6.07, 6.45) is -5.14. The van der Waals surface area contributed by atoms with Gasteiger partial charge in [-0.2, -0.15) is 4.98 Å². The lowest BCUT2D eigenvalue weighted by Gasteiger charge is -2.29. The number of aliphatic hydroxyl groups is 1. The molecule has 6 rings (SSSR count). The van der Waals surface area contributed by atoms with E-state index in [1.807, 2.05) is 0 Å². The van der Waals surface area contributed by atoms with Crippen LogP contribution in [-0.4, -0.2) is 99.1 Å². The molecular weight excluding hydrogens is 725 g/mol. The summed E-state index contributed by atoms with van der Waals surface area (Å²) in [6, 6.07) is 0. The molecule has 2 fully saturated rings. The monoisotopic (exact) mass is 753 g/mol. The largest absolute Gasteiger partial charge is 0.413 e. The van der Waals surface area contributed by atoms with Crippen molar-refractivity contribution >= 4 is 82.8 Å². The Balaban J connectivity index is 1.21. The molecule has 2 saturated heterocycles. The summed E-state index contributed by atoms with van der Waals surface area (Å²) in [4.78, 5) is 46.3. The molecule has 0 aliphatic carbocycles. The Morgan fingerprint density at radius 3 is 2.68 bits per heavy atom. The van der Waals surface area contributed by atoms with Crippen LogP contribution >= 0.6 is 25.1 Å². The van der Waals surface area contributed by atoms with Crippen LogP contribution in [0.2, 0.25) is 0 Å². The Bertz CT molecular complexity index is 1920. The normalized spacial score (nSPS) is 29.5. The number of H-pyrrole nitrogens is 1. The Morgan fingerprint density at radius 1 is 1.23 bits per heavy atom. The van der Waals surface area contributed by atoms with Gasteiger partial charge < -0.3 is 40.2 Å². The Kier molecular flexibility index (Phi) is 9.91. The number of nitrogen functional groups attached to an aromatic ring is 2. The standard InChI is InChI=1S/C22H27FN10O9P2S3/c1-22(2-9(37-8-38-43(45)46)19(41-22)32-6-28-12-15(24)26-5-27-16(12)32)4-39-44(36,47)42-14-11(23)10(3-34)40-20(14)33-7-29-13-17(33)30-21(25)31-18(13)35/h5-7,9-11,14,19-20,34H,2-4,8H2,1H3,(H6-,24,25,26,27,30,31,35,36,45,46,47)/p+1/t9-,10-,11+,14-,19-,20-,22-,44?/m1/s1. The zero-order chi connectivity index (χ0) is 33.7. The maximum atomic E-state index is 15.5. The van der Waals surface area contributed by atoms with Gasteiger partial charge in [-0.3, -0.25) is 23.4 Å². The van der Waals surface area contributed by atoms with Crippen molar-refractivity contribution in [2.45, 2.75) is 55.9 Å². The van der Waals surface area contributed by atoms with E-state index in [2.05, 4.69) is 42.2 Å². The van der Waals surface area contributed by atoms with E-state index >= 15 is 4.39 Å². The van der Waals surface area contributed by atoms with Crippen molar-refractivity contribution in [3.05, 3.63) is 29.3 Å². The third-order valence-corrected chi connectivity index (χ3v) is 9.95. The molecule has 47 heavy (non-hydrogen) atoms. The highest BCUT2D eigenvalue weighted by Crippen LogP contribution is 2.52. The Morgan fingerprint density at radius 2 is 1.96 bits per heavy atom. The molecule has 2 aliphatic heterocycles. The van der Waals surface area contributed by atoms with E-state index in [1.165, 1.54) is 23.5 Å². The lowest BCUT2D eigenvalue weighted by molar-refractivity contribution is -0.117. The predicted molar refractivity (Wildman–Crippen MR) is 173 cm³/mol. The minimum absolute atomic E-state index is 0.0451. The van der Waals surface area contributed by atoms with Crippen molar-refractivity contribution in [2.24, 2.45) is 0 Å². The van der Waals surface area contributed by atoms with Gasteiger partial charge in [0.25, 0.3) is 5.56 Å². The number of nitrogens with one attached hydrogen (secondary N) is 1. The molecule has 19 nitrogen and oxygen atoms in total. The van der Waals surface area contributed by atoms with Crippen molar-refractivity contribution in [1.29, 1.82) is 0 Å². The average molecular weight is 754 g/mol. The fourth-order valence-corrected chi connectivity index (χ4v) is 7.24. The number of aromatic nitrogens is 8. The molecule has 9 atom stereocenters. The third-order valence-electron chi connectivity index (χ3n) is 7.42. The number of hydrogen-bond acceptors (Lipinski definition) is 17. The number of rotatable bonds is 12. The molecule has 0 spiro atoms. The summed E-state index contributed by atoms with van der Waals surface area (Å²) < 4.78 is 53.0. The van der Waals surface area contributed by atoms with Crippen LogP contribution in [0.1, 0.15) is 25.8 Å². The number of fused-ring (bicyclic) bond motifs is 2. The highest BCUT2D eigenvalue weighted by molar-refractivity contribution is 8.54. The van der Waals surface area contributed by atoms with Gasteiger partial charge >= 0.3 is 12.8 Å². The summed E-state index contributed by atoms with van der Waals surface area (Å²) in [6.45, 7) is -3.81. The van der Waals surface area contributed by atoms with Crippen molar-refractivity contribution < 1.29 is 42.2 Å². The number of hydrogen-bond donors (Lipinski definition) is 6. The molecule has 0 aromatic carbocycles. The second-order valence-corrected chi connectivity index (χ2v) is 17.1. The number of aliphatic hydroxyl groups excluding tert-OH is 1. The first-order valence-corrected chi connectivity index (χ1v) is 19.6. The quantitative estimate of drug-likeness (QED) is 0.0662. The van der Waals surface area contributed by atoms with Crippen LogP contribution < -0.4 is 17.0 Å². The first-order valence-electron chi connectivity index (χ1n) is 13.6. The van der Waals surface area contributed by atoms with Crippen LogP contribution in [0.25, 0.3) is 22.3 Å². The van der Waals surface area contributed by atoms with Crippen LogP contribution in [-0.2, 0) is 51.4 Å². The predicted octanol–water partition coefficient (Wildman–Crippen LogP) is 0.711. The highest BCUT2D eigenvalue weighted by atomic mass is 32.9. The molecular formula is C22H28FN10O9P2S3+. The van der Waals surface area contributed by atoms with Gasteiger partial charge in [-0.05, 0) is 18.7 Å². The first-order chi connectivity index (χ1) is 22.3. The van der Waals surface area contributed by atoms with Crippen LogP contribution in [0.5, 0.6) is 0 Å². The van der Waals surface area contributed by atoms with Gasteiger partial charge in [0.1, 0.15) is 42.4 Å². The van der Waals surface area contributed by atoms with Gasteiger partial charge in [-0.15, -0.1) is 4.52 Å². The number of ether oxygens (including phenoxy) is 3. The Labute approximate surface area is 280 Å². The molecule has 0 amide bonds. The molecule has 25 heteroatoms. The molecule has 0 saturated carbocycles. The zero-order valence-electron chi connectivity index (χ0n) is 24.1. The van der Waals surface area contributed by atoms with Crippen molar-refractivity contribution in [1.82, 2.24) is 39.0 Å². The fourth-order valence-electron chi connectivity index (χ4n) is 5.34. The molecule has 2 aliphatic rings. The Hall–Kier alpha value is -2.37. The van der Waals surface area contributed by atoms with Crippen molar-refractivity contribution in [3.63, 3.8) is 0 Å². The number of alkyl halides is 1. The van der Waals surface area contributed by atoms with Gasteiger partial charge in [0.15, 0.2) is 48.0 Å². The fraction of sp³-hybridized carbons (Fsp3) is 0.545. The number of nitrogens with zero attached hydrogens (tertiary/aromatic N) is 7. The van der Waals surface area contributed by atoms with Gasteiger partial charge in [0.2, 0.25) is 17.8 Å². The third kappa shape index (κ3) is 7.04. The average Bonchev–Trinajstić information content (AvgIpc) is 3.77. The lowest BCUT2D eigenvalue weighted by Crippen LogP contribution is -2.33. The van der Waals surface area contributed by atoms with Gasteiger partial charge in [0.05, 0.1) is 31.5 Å². The van der Waals surface area contributed by atoms with Crippen LogP contribution in [0.4, 0.5) is 16.2 Å². The molecule has 7 N–H and O–H groups in total. The van der Waals surface area contributed by atoms with E-state index in [0.717, 1.165) is 0 Å². The second kappa shape index (κ2) is 13.5. The molecule has 2 unspecified atom stereocenters. The van der Waals surface area contributed by atoms with E-state index < -0.39 is 67.6 Å². The number of anilines is 2. The van der Waals surface area contributed by atoms with Crippen LogP contribution in [0.3, 0.4) is 0 Å². The lowest BCUT2D eigenvalue weighted by atomic mass is 10.0. The van der Waals surface area contributed by atoms with E-state index in [-0.39, 0.29) is 42.8 Å². The maximum Gasteiger partial charge on any atom is 0.413 e. The minimum Gasteiger partial charge on any atom is -0.394 e. The first kappa shape index (κ1) is 34.5.